The first kappa shape index (κ1) is 26.7. The van der Waals surface area contributed by atoms with E-state index in [9.17, 15) is 9.59 Å². The number of Topliss-reactive ketones (excluding diaryl/α,β-unsaturated/α-hetero) is 1. The molecule has 0 unspecified atom stereocenters. The number of carbonyl (C=O) groups is 2. The third kappa shape index (κ3) is 4.37. The van der Waals surface area contributed by atoms with Crippen molar-refractivity contribution >= 4 is 38.8 Å². The number of ketones is 2. The summed E-state index contributed by atoms with van der Waals surface area (Å²) in [6.45, 7) is 3.22. The van der Waals surface area contributed by atoms with Crippen LogP contribution in [0.15, 0.2) is 30.3 Å². The number of nitrogens with two attached hydrogens (primary N) is 1. The number of aromatic nitrogens is 1. The lowest BCUT2D eigenvalue weighted by atomic mass is 9.92. The summed E-state index contributed by atoms with van der Waals surface area (Å²) in [4.78, 5) is 32.1. The Morgan fingerprint density at radius 1 is 0.868 bits per heavy atom. The summed E-state index contributed by atoms with van der Waals surface area (Å²) in [5.41, 5.74) is 9.24. The quantitative estimate of drug-likeness (QED) is 0.283. The van der Waals surface area contributed by atoms with Crippen LogP contribution in [-0.2, 0) is 0 Å². The summed E-state index contributed by atoms with van der Waals surface area (Å²) in [7, 11) is 7.55. The van der Waals surface area contributed by atoms with E-state index in [-0.39, 0.29) is 22.1 Å². The standard InChI is InChI=1S/C28H28N2O7S/c1-13-21(14(2)31)22(15-10-19(35-5)26(37-7)20(11-15)36-6)23-24(29)27(38-28(23)30-13)25(32)17-9-8-16(33-3)12-18(17)34-4/h8-12H,29H2,1-7H3. The average Bonchev–Trinajstić information content (AvgIpc) is 3.25. The number of carbonyl (C=O) groups excluding carboxylic acids is 2. The molecule has 2 aromatic heterocycles. The smallest absolute Gasteiger partial charge is 0.208 e. The van der Waals surface area contributed by atoms with Crippen LogP contribution in [0.3, 0.4) is 0 Å². The van der Waals surface area contributed by atoms with Gasteiger partial charge in [0.1, 0.15) is 21.2 Å². The zero-order chi connectivity index (χ0) is 27.7. The van der Waals surface area contributed by atoms with Crippen molar-refractivity contribution in [2.45, 2.75) is 13.8 Å². The fourth-order valence-corrected chi connectivity index (χ4v) is 5.59. The molecule has 0 spiro atoms. The second-order valence-electron chi connectivity index (χ2n) is 8.34. The van der Waals surface area contributed by atoms with Crippen molar-refractivity contribution in [2.75, 3.05) is 41.3 Å². The summed E-state index contributed by atoms with van der Waals surface area (Å²) < 4.78 is 27.3. The van der Waals surface area contributed by atoms with Gasteiger partial charge in [-0.1, -0.05) is 0 Å². The number of benzene rings is 2. The molecule has 198 valence electrons. The van der Waals surface area contributed by atoms with Gasteiger partial charge >= 0.3 is 0 Å². The molecule has 0 amide bonds. The monoisotopic (exact) mass is 536 g/mol. The fraction of sp³-hybridized carbons (Fsp3) is 0.250. The molecular formula is C28H28N2O7S. The van der Waals surface area contributed by atoms with Gasteiger partial charge in [-0.25, -0.2) is 4.98 Å². The highest BCUT2D eigenvalue weighted by Gasteiger charge is 2.28. The number of hydrogen-bond acceptors (Lipinski definition) is 10. The molecule has 9 nitrogen and oxygen atoms in total. The van der Waals surface area contributed by atoms with Crippen LogP contribution < -0.4 is 29.4 Å². The van der Waals surface area contributed by atoms with E-state index in [1.807, 2.05) is 0 Å². The van der Waals surface area contributed by atoms with Gasteiger partial charge in [0.15, 0.2) is 17.3 Å². The van der Waals surface area contributed by atoms with E-state index in [1.165, 1.54) is 42.5 Å². The van der Waals surface area contributed by atoms with Gasteiger partial charge in [-0.15, -0.1) is 11.3 Å². The highest BCUT2D eigenvalue weighted by Crippen LogP contribution is 2.47. The summed E-state index contributed by atoms with van der Waals surface area (Å²) in [5.74, 6) is 1.60. The highest BCUT2D eigenvalue weighted by molar-refractivity contribution is 7.21. The zero-order valence-corrected chi connectivity index (χ0v) is 23.0. The van der Waals surface area contributed by atoms with E-state index in [2.05, 4.69) is 4.98 Å². The van der Waals surface area contributed by atoms with Gasteiger partial charge in [0.05, 0.1) is 52.5 Å². The van der Waals surface area contributed by atoms with Crippen molar-refractivity contribution in [3.8, 4) is 39.9 Å². The summed E-state index contributed by atoms with van der Waals surface area (Å²) in [6, 6.07) is 8.43. The van der Waals surface area contributed by atoms with Gasteiger partial charge in [0.25, 0.3) is 0 Å². The summed E-state index contributed by atoms with van der Waals surface area (Å²) in [5, 5.41) is 0.496. The van der Waals surface area contributed by atoms with Crippen LogP contribution in [0.25, 0.3) is 21.3 Å². The Balaban J connectivity index is 2.05. The number of nitrogens with zero attached hydrogens (tertiary/aromatic N) is 1. The first-order valence-corrected chi connectivity index (χ1v) is 12.3. The molecule has 0 radical (unpaired) electrons. The van der Waals surface area contributed by atoms with Crippen LogP contribution in [0.5, 0.6) is 28.7 Å². The average molecular weight is 537 g/mol. The maximum Gasteiger partial charge on any atom is 0.208 e. The van der Waals surface area contributed by atoms with E-state index in [0.29, 0.717) is 66.9 Å². The second kappa shape index (κ2) is 10.6. The third-order valence-electron chi connectivity index (χ3n) is 6.22. The number of anilines is 1. The van der Waals surface area contributed by atoms with Crippen molar-refractivity contribution in [1.82, 2.24) is 4.98 Å². The molecule has 4 rings (SSSR count). The molecule has 2 N–H and O–H groups in total. The SMILES string of the molecule is COc1ccc(C(=O)c2sc3nc(C)c(C(C)=O)c(-c4cc(OC)c(OC)c(OC)c4)c3c2N)c(OC)c1. The Hall–Kier alpha value is -4.31. The first-order chi connectivity index (χ1) is 18.2. The lowest BCUT2D eigenvalue weighted by Gasteiger charge is -2.17. The molecule has 4 aromatic rings. The summed E-state index contributed by atoms with van der Waals surface area (Å²) >= 11 is 1.16. The minimum atomic E-state index is -0.331. The number of rotatable bonds is 9. The van der Waals surface area contributed by atoms with Crippen molar-refractivity contribution in [3.05, 3.63) is 52.0 Å². The van der Waals surface area contributed by atoms with Crippen molar-refractivity contribution in [1.29, 1.82) is 0 Å². The van der Waals surface area contributed by atoms with Crippen LogP contribution in [0, 0.1) is 6.92 Å². The number of methoxy groups -OCH3 is 5. The number of ether oxygens (including phenoxy) is 5. The predicted molar refractivity (Wildman–Crippen MR) is 147 cm³/mol. The molecule has 2 heterocycles. The van der Waals surface area contributed by atoms with Crippen LogP contribution in [-0.4, -0.2) is 52.1 Å². The van der Waals surface area contributed by atoms with E-state index in [0.717, 1.165) is 11.3 Å². The zero-order valence-electron chi connectivity index (χ0n) is 22.2. The lowest BCUT2D eigenvalue weighted by molar-refractivity contribution is 0.101. The number of aryl methyl sites for hydroxylation is 1. The predicted octanol–water partition coefficient (Wildman–Crippen LogP) is 5.33. The maximum absolute atomic E-state index is 13.7. The largest absolute Gasteiger partial charge is 0.497 e. The van der Waals surface area contributed by atoms with Gasteiger partial charge in [-0.2, -0.15) is 0 Å². The van der Waals surface area contributed by atoms with E-state index >= 15 is 0 Å². The number of thiophene rings is 1. The molecular weight excluding hydrogens is 508 g/mol. The Morgan fingerprint density at radius 3 is 2.03 bits per heavy atom. The highest BCUT2D eigenvalue weighted by atomic mass is 32.1. The molecule has 0 aliphatic carbocycles. The molecule has 0 fully saturated rings. The van der Waals surface area contributed by atoms with E-state index in [4.69, 9.17) is 29.4 Å². The van der Waals surface area contributed by atoms with Gasteiger partial charge in [0.2, 0.25) is 11.5 Å². The molecule has 0 saturated heterocycles. The van der Waals surface area contributed by atoms with Gasteiger partial charge in [-0.05, 0) is 43.7 Å². The number of hydrogen-bond donors (Lipinski definition) is 1. The minimum absolute atomic E-state index is 0.198. The lowest BCUT2D eigenvalue weighted by Crippen LogP contribution is -2.06. The second-order valence-corrected chi connectivity index (χ2v) is 9.34. The van der Waals surface area contributed by atoms with Crippen molar-refractivity contribution in [3.63, 3.8) is 0 Å². The summed E-state index contributed by atoms with van der Waals surface area (Å²) in [6.07, 6.45) is 0. The molecule has 0 atom stereocenters. The van der Waals surface area contributed by atoms with Gasteiger partial charge < -0.3 is 29.4 Å². The molecule has 10 heteroatoms. The maximum atomic E-state index is 13.7. The molecule has 0 bridgehead atoms. The number of pyridine rings is 1. The molecule has 0 aliphatic rings. The molecule has 38 heavy (non-hydrogen) atoms. The number of nitrogen functional groups attached to an aromatic ring is 1. The third-order valence-corrected chi connectivity index (χ3v) is 7.32. The number of fused-ring (bicyclic) bond motifs is 1. The van der Waals surface area contributed by atoms with Crippen molar-refractivity contribution < 1.29 is 33.3 Å². The first-order valence-electron chi connectivity index (χ1n) is 11.5. The molecule has 0 aliphatic heterocycles. The Morgan fingerprint density at radius 2 is 1.50 bits per heavy atom. The van der Waals surface area contributed by atoms with Crippen LogP contribution in [0.2, 0.25) is 0 Å². The van der Waals surface area contributed by atoms with Crippen LogP contribution in [0.4, 0.5) is 5.69 Å². The van der Waals surface area contributed by atoms with E-state index < -0.39 is 0 Å². The fourth-order valence-electron chi connectivity index (χ4n) is 4.49. The van der Waals surface area contributed by atoms with E-state index in [1.54, 1.807) is 37.3 Å². The molecule has 2 aromatic carbocycles. The van der Waals surface area contributed by atoms with Gasteiger partial charge in [-0.3, -0.25) is 9.59 Å². The Kier molecular flexibility index (Phi) is 7.45. The van der Waals surface area contributed by atoms with Crippen LogP contribution >= 0.6 is 11.3 Å². The molecule has 0 saturated carbocycles. The topological polar surface area (TPSA) is 119 Å². The minimum Gasteiger partial charge on any atom is -0.497 e. The van der Waals surface area contributed by atoms with Gasteiger partial charge in [0, 0.05) is 22.6 Å². The normalized spacial score (nSPS) is 10.8. The van der Waals surface area contributed by atoms with Crippen LogP contribution in [0.1, 0.15) is 38.2 Å². The Bertz CT molecular complexity index is 1550. The van der Waals surface area contributed by atoms with Crippen molar-refractivity contribution in [2.24, 2.45) is 0 Å². The Labute approximate surface area is 224 Å².